The lowest BCUT2D eigenvalue weighted by molar-refractivity contribution is 0.0844. The molecular formula is C15H30N2. The van der Waals surface area contributed by atoms with Crippen molar-refractivity contribution in [3.63, 3.8) is 0 Å². The van der Waals surface area contributed by atoms with Crippen molar-refractivity contribution >= 4 is 0 Å². The van der Waals surface area contributed by atoms with Crippen molar-refractivity contribution in [3.8, 4) is 0 Å². The first-order chi connectivity index (χ1) is 8.33. The van der Waals surface area contributed by atoms with Gasteiger partial charge >= 0.3 is 0 Å². The second-order valence-electron chi connectivity index (χ2n) is 6.16. The monoisotopic (exact) mass is 238 g/mol. The Hall–Kier alpha value is -0.0800. The Balaban J connectivity index is 1.93. The zero-order chi connectivity index (χ0) is 12.1. The summed E-state index contributed by atoms with van der Waals surface area (Å²) in [5.41, 5.74) is 5.97. The van der Waals surface area contributed by atoms with Gasteiger partial charge in [-0.3, -0.25) is 0 Å². The van der Waals surface area contributed by atoms with E-state index < -0.39 is 0 Å². The molecule has 0 heterocycles. The summed E-state index contributed by atoms with van der Waals surface area (Å²) in [7, 11) is 2.37. The average Bonchev–Trinajstić information content (AvgIpc) is 2.66. The molecule has 0 saturated heterocycles. The van der Waals surface area contributed by atoms with E-state index in [0.717, 1.165) is 24.5 Å². The van der Waals surface area contributed by atoms with Gasteiger partial charge in [-0.15, -0.1) is 0 Å². The highest BCUT2D eigenvalue weighted by Crippen LogP contribution is 2.31. The first-order valence-corrected chi connectivity index (χ1v) is 7.75. The summed E-state index contributed by atoms with van der Waals surface area (Å²) in [4.78, 5) is 2.71. The molecule has 2 heteroatoms. The topological polar surface area (TPSA) is 29.3 Å². The van der Waals surface area contributed by atoms with Gasteiger partial charge < -0.3 is 10.6 Å². The Labute approximate surface area is 107 Å². The van der Waals surface area contributed by atoms with Gasteiger partial charge in [-0.25, -0.2) is 0 Å². The van der Waals surface area contributed by atoms with Gasteiger partial charge in [0.25, 0.3) is 0 Å². The van der Waals surface area contributed by atoms with Gasteiger partial charge in [-0.05, 0) is 45.2 Å². The molecule has 2 fully saturated rings. The quantitative estimate of drug-likeness (QED) is 0.765. The third-order valence-electron chi connectivity index (χ3n) is 5.10. The van der Waals surface area contributed by atoms with Gasteiger partial charge in [0.15, 0.2) is 0 Å². The standard InChI is InChI=1S/C15H30N2/c1-17(14-9-4-2-3-5-10-14)15-11-7-6-8-13(15)12-16/h13-15H,2-12,16H2,1H3. The number of hydrogen-bond donors (Lipinski definition) is 1. The van der Waals surface area contributed by atoms with Crippen molar-refractivity contribution in [3.05, 3.63) is 0 Å². The second kappa shape index (κ2) is 6.75. The van der Waals surface area contributed by atoms with E-state index in [2.05, 4.69) is 11.9 Å². The zero-order valence-corrected chi connectivity index (χ0v) is 11.5. The van der Waals surface area contributed by atoms with E-state index in [1.54, 1.807) is 0 Å². The average molecular weight is 238 g/mol. The summed E-state index contributed by atoms with van der Waals surface area (Å²) < 4.78 is 0. The van der Waals surface area contributed by atoms with E-state index in [1.807, 2.05) is 0 Å². The van der Waals surface area contributed by atoms with Crippen LogP contribution >= 0.6 is 0 Å². The van der Waals surface area contributed by atoms with Crippen molar-refractivity contribution in [1.82, 2.24) is 4.90 Å². The number of nitrogens with two attached hydrogens (primary N) is 1. The van der Waals surface area contributed by atoms with Crippen LogP contribution in [0.25, 0.3) is 0 Å². The molecule has 17 heavy (non-hydrogen) atoms. The lowest BCUT2D eigenvalue weighted by Crippen LogP contribution is -2.47. The lowest BCUT2D eigenvalue weighted by atomic mass is 9.82. The first kappa shape index (κ1) is 13.4. The van der Waals surface area contributed by atoms with Gasteiger partial charge in [0, 0.05) is 12.1 Å². The molecule has 0 aliphatic heterocycles. The molecule has 0 bridgehead atoms. The molecule has 0 amide bonds. The van der Waals surface area contributed by atoms with Gasteiger partial charge in [-0.2, -0.15) is 0 Å². The summed E-state index contributed by atoms with van der Waals surface area (Å²) >= 11 is 0. The fraction of sp³-hybridized carbons (Fsp3) is 1.00. The summed E-state index contributed by atoms with van der Waals surface area (Å²) in [6, 6.07) is 1.62. The Morgan fingerprint density at radius 2 is 1.47 bits per heavy atom. The Kier molecular flexibility index (Phi) is 5.30. The number of rotatable bonds is 3. The maximum Gasteiger partial charge on any atom is 0.0135 e. The molecule has 0 spiro atoms. The molecule has 2 aliphatic carbocycles. The van der Waals surface area contributed by atoms with Crippen LogP contribution in [0.1, 0.15) is 64.2 Å². The van der Waals surface area contributed by atoms with Gasteiger partial charge in [0.05, 0.1) is 0 Å². The Morgan fingerprint density at radius 3 is 2.12 bits per heavy atom. The van der Waals surface area contributed by atoms with Crippen LogP contribution in [0.15, 0.2) is 0 Å². The predicted octanol–water partition coefficient (Wildman–Crippen LogP) is 3.16. The van der Waals surface area contributed by atoms with Crippen molar-refractivity contribution in [2.75, 3.05) is 13.6 Å². The fourth-order valence-electron chi connectivity index (χ4n) is 3.94. The first-order valence-electron chi connectivity index (χ1n) is 7.75. The zero-order valence-electron chi connectivity index (χ0n) is 11.5. The molecule has 0 radical (unpaired) electrons. The molecule has 0 aromatic rings. The highest BCUT2D eigenvalue weighted by molar-refractivity contribution is 4.86. The van der Waals surface area contributed by atoms with Gasteiger partial charge in [-0.1, -0.05) is 38.5 Å². The summed E-state index contributed by atoms with van der Waals surface area (Å²) in [5.74, 6) is 0.761. The molecule has 2 saturated carbocycles. The van der Waals surface area contributed by atoms with Crippen LogP contribution in [0.4, 0.5) is 0 Å². The smallest absolute Gasteiger partial charge is 0.0135 e. The summed E-state index contributed by atoms with van der Waals surface area (Å²) in [6.45, 7) is 0.891. The van der Waals surface area contributed by atoms with E-state index >= 15 is 0 Å². The molecule has 100 valence electrons. The van der Waals surface area contributed by atoms with Crippen LogP contribution in [0.5, 0.6) is 0 Å². The van der Waals surface area contributed by atoms with Crippen molar-refractivity contribution in [2.24, 2.45) is 11.7 Å². The van der Waals surface area contributed by atoms with Crippen molar-refractivity contribution < 1.29 is 0 Å². The van der Waals surface area contributed by atoms with Crippen LogP contribution in [-0.2, 0) is 0 Å². The molecular weight excluding hydrogens is 208 g/mol. The van der Waals surface area contributed by atoms with E-state index in [0.29, 0.717) is 0 Å². The minimum atomic E-state index is 0.761. The third-order valence-corrected chi connectivity index (χ3v) is 5.10. The normalized spacial score (nSPS) is 32.6. The lowest BCUT2D eigenvalue weighted by Gasteiger charge is -2.41. The van der Waals surface area contributed by atoms with Crippen LogP contribution in [0.2, 0.25) is 0 Å². The van der Waals surface area contributed by atoms with Crippen molar-refractivity contribution in [1.29, 1.82) is 0 Å². The van der Waals surface area contributed by atoms with E-state index in [4.69, 9.17) is 5.73 Å². The maximum atomic E-state index is 5.97. The predicted molar refractivity (Wildman–Crippen MR) is 74.1 cm³/mol. The van der Waals surface area contributed by atoms with Crippen molar-refractivity contribution in [2.45, 2.75) is 76.3 Å². The largest absolute Gasteiger partial charge is 0.330 e. The molecule has 2 rings (SSSR count). The van der Waals surface area contributed by atoms with Crippen LogP contribution < -0.4 is 5.73 Å². The van der Waals surface area contributed by atoms with Crippen LogP contribution in [-0.4, -0.2) is 30.6 Å². The van der Waals surface area contributed by atoms with E-state index in [-0.39, 0.29) is 0 Å². The highest BCUT2D eigenvalue weighted by atomic mass is 15.2. The number of nitrogens with zero attached hydrogens (tertiary/aromatic N) is 1. The number of hydrogen-bond acceptors (Lipinski definition) is 2. The van der Waals surface area contributed by atoms with Crippen LogP contribution in [0.3, 0.4) is 0 Å². The Bertz CT molecular complexity index is 209. The third kappa shape index (κ3) is 3.45. The highest BCUT2D eigenvalue weighted by Gasteiger charge is 2.30. The van der Waals surface area contributed by atoms with E-state index in [1.165, 1.54) is 64.2 Å². The fourth-order valence-corrected chi connectivity index (χ4v) is 3.94. The maximum absolute atomic E-state index is 5.97. The molecule has 0 aromatic heterocycles. The van der Waals surface area contributed by atoms with E-state index in [9.17, 15) is 0 Å². The van der Waals surface area contributed by atoms with Gasteiger partial charge in [0.1, 0.15) is 0 Å². The molecule has 2 atom stereocenters. The summed E-state index contributed by atoms with van der Waals surface area (Å²) in [5, 5.41) is 0. The summed E-state index contributed by atoms with van der Waals surface area (Å²) in [6.07, 6.45) is 14.2. The Morgan fingerprint density at radius 1 is 0.882 bits per heavy atom. The molecule has 2 aliphatic rings. The minimum absolute atomic E-state index is 0.761. The minimum Gasteiger partial charge on any atom is -0.330 e. The molecule has 2 nitrogen and oxygen atoms in total. The van der Waals surface area contributed by atoms with Gasteiger partial charge in [0.2, 0.25) is 0 Å². The molecule has 0 aromatic carbocycles. The SMILES string of the molecule is CN(C1CCCCCC1)C1CCCCC1CN. The second-order valence-corrected chi connectivity index (χ2v) is 6.16. The molecule has 2 N–H and O–H groups in total. The van der Waals surface area contributed by atoms with Crippen LogP contribution in [0, 0.1) is 5.92 Å². The molecule has 2 unspecified atom stereocenters.